The first-order valence-electron chi connectivity index (χ1n) is 6.93. The van der Waals surface area contributed by atoms with Crippen LogP contribution in [0.5, 0.6) is 0 Å². The van der Waals surface area contributed by atoms with E-state index in [1.807, 2.05) is 25.1 Å². The van der Waals surface area contributed by atoms with Gasteiger partial charge in [0.2, 0.25) is 5.91 Å². The molecular formula is C16H19N3O2. The molecule has 2 rings (SSSR count). The second-order valence-corrected chi connectivity index (χ2v) is 5.02. The smallest absolute Gasteiger partial charge is 0.255 e. The van der Waals surface area contributed by atoms with Crippen molar-refractivity contribution in [1.29, 1.82) is 0 Å². The number of carbonyl (C=O) groups excluding carboxylic acids is 2. The lowest BCUT2D eigenvalue weighted by Gasteiger charge is -2.33. The van der Waals surface area contributed by atoms with E-state index in [-0.39, 0.29) is 18.4 Å². The van der Waals surface area contributed by atoms with Gasteiger partial charge in [-0.3, -0.25) is 9.59 Å². The van der Waals surface area contributed by atoms with Crippen LogP contribution in [0, 0.1) is 18.8 Å². The molecule has 110 valence electrons. The van der Waals surface area contributed by atoms with Crippen LogP contribution in [-0.4, -0.2) is 42.4 Å². The topological polar surface area (TPSA) is 75.4 Å². The molecule has 1 aromatic rings. The summed E-state index contributed by atoms with van der Waals surface area (Å²) in [7, 11) is 0. The summed E-state index contributed by atoms with van der Waals surface area (Å²) in [6.07, 6.45) is 0. The largest absolute Gasteiger partial charge is 0.353 e. The van der Waals surface area contributed by atoms with E-state index in [1.54, 1.807) is 11.8 Å². The molecule has 1 fully saturated rings. The minimum Gasteiger partial charge on any atom is -0.353 e. The Kier molecular flexibility index (Phi) is 4.61. The molecule has 5 heteroatoms. The third kappa shape index (κ3) is 3.23. The van der Waals surface area contributed by atoms with Crippen molar-refractivity contribution in [3.05, 3.63) is 34.9 Å². The standard InChI is InChI=1S/C16H19N3O2/c1-11-5-6-13(4-3-7-17)14(10-11)16(21)19-9-8-18-15(20)12(19)2/h5-6,10,12H,7-9,17H2,1-2H3,(H,18,20). The van der Waals surface area contributed by atoms with Gasteiger partial charge in [0.15, 0.2) is 0 Å². The lowest BCUT2D eigenvalue weighted by molar-refractivity contribution is -0.127. The van der Waals surface area contributed by atoms with Crippen LogP contribution in [0.1, 0.15) is 28.4 Å². The molecule has 1 heterocycles. The lowest BCUT2D eigenvalue weighted by atomic mass is 10.0. The van der Waals surface area contributed by atoms with Gasteiger partial charge >= 0.3 is 0 Å². The molecule has 21 heavy (non-hydrogen) atoms. The average Bonchev–Trinajstić information content (AvgIpc) is 2.48. The van der Waals surface area contributed by atoms with E-state index < -0.39 is 6.04 Å². The average molecular weight is 285 g/mol. The number of aryl methyl sites for hydroxylation is 1. The van der Waals surface area contributed by atoms with E-state index in [1.165, 1.54) is 0 Å². The van der Waals surface area contributed by atoms with Crippen LogP contribution in [0.15, 0.2) is 18.2 Å². The van der Waals surface area contributed by atoms with Crippen molar-refractivity contribution in [2.45, 2.75) is 19.9 Å². The van der Waals surface area contributed by atoms with E-state index >= 15 is 0 Å². The van der Waals surface area contributed by atoms with E-state index in [4.69, 9.17) is 5.73 Å². The molecule has 3 N–H and O–H groups in total. The van der Waals surface area contributed by atoms with Gasteiger partial charge in [-0.15, -0.1) is 0 Å². The Morgan fingerprint density at radius 1 is 1.52 bits per heavy atom. The molecule has 1 aliphatic rings. The van der Waals surface area contributed by atoms with E-state index in [2.05, 4.69) is 17.2 Å². The summed E-state index contributed by atoms with van der Waals surface area (Å²) in [6.45, 7) is 4.87. The van der Waals surface area contributed by atoms with Gasteiger partial charge in [-0.25, -0.2) is 0 Å². The number of amides is 2. The summed E-state index contributed by atoms with van der Waals surface area (Å²) in [5.74, 6) is 5.40. The van der Waals surface area contributed by atoms with Crippen LogP contribution in [-0.2, 0) is 4.79 Å². The number of rotatable bonds is 1. The molecule has 5 nitrogen and oxygen atoms in total. The normalized spacial score (nSPS) is 17.8. The molecule has 1 aliphatic heterocycles. The van der Waals surface area contributed by atoms with Crippen molar-refractivity contribution in [2.24, 2.45) is 5.73 Å². The summed E-state index contributed by atoms with van der Waals surface area (Å²) in [5.41, 5.74) is 7.54. The van der Waals surface area contributed by atoms with Gasteiger partial charge in [0, 0.05) is 18.7 Å². The van der Waals surface area contributed by atoms with Crippen LogP contribution in [0.2, 0.25) is 0 Å². The second-order valence-electron chi connectivity index (χ2n) is 5.02. The third-order valence-electron chi connectivity index (χ3n) is 3.49. The van der Waals surface area contributed by atoms with Crippen molar-refractivity contribution in [3.8, 4) is 11.8 Å². The van der Waals surface area contributed by atoms with Gasteiger partial charge in [-0.2, -0.15) is 0 Å². The first-order chi connectivity index (χ1) is 10.0. The monoisotopic (exact) mass is 285 g/mol. The van der Waals surface area contributed by atoms with Gasteiger partial charge in [0.25, 0.3) is 5.91 Å². The van der Waals surface area contributed by atoms with Gasteiger partial charge in [-0.05, 0) is 26.0 Å². The van der Waals surface area contributed by atoms with Crippen molar-refractivity contribution >= 4 is 11.8 Å². The highest BCUT2D eigenvalue weighted by Gasteiger charge is 2.30. The fourth-order valence-electron chi connectivity index (χ4n) is 2.30. The predicted molar refractivity (Wildman–Crippen MR) is 80.6 cm³/mol. The molecule has 1 aromatic carbocycles. The van der Waals surface area contributed by atoms with Crippen molar-refractivity contribution in [2.75, 3.05) is 19.6 Å². The fraction of sp³-hybridized carbons (Fsp3) is 0.375. The third-order valence-corrected chi connectivity index (χ3v) is 3.49. The van der Waals surface area contributed by atoms with Crippen LogP contribution >= 0.6 is 0 Å². The molecular weight excluding hydrogens is 266 g/mol. The molecule has 0 bridgehead atoms. The Hall–Kier alpha value is -2.32. The predicted octanol–water partition coefficient (Wildman–Crippen LogP) is 0.266. The van der Waals surface area contributed by atoms with Gasteiger partial charge in [0.05, 0.1) is 12.1 Å². The van der Waals surface area contributed by atoms with E-state index in [0.29, 0.717) is 24.2 Å². The minimum absolute atomic E-state index is 0.128. The summed E-state index contributed by atoms with van der Waals surface area (Å²) in [4.78, 5) is 26.0. The molecule has 0 aliphatic carbocycles. The van der Waals surface area contributed by atoms with Gasteiger partial charge in [0.1, 0.15) is 6.04 Å². The molecule has 0 radical (unpaired) electrons. The van der Waals surface area contributed by atoms with Crippen molar-refractivity contribution in [3.63, 3.8) is 0 Å². The minimum atomic E-state index is -0.470. The molecule has 0 spiro atoms. The Morgan fingerprint density at radius 2 is 2.29 bits per heavy atom. The number of nitrogens with two attached hydrogens (primary N) is 1. The molecule has 0 aromatic heterocycles. The number of hydrogen-bond acceptors (Lipinski definition) is 3. The SMILES string of the molecule is Cc1ccc(C#CCN)c(C(=O)N2CCNC(=O)C2C)c1. The maximum Gasteiger partial charge on any atom is 0.255 e. The number of carbonyl (C=O) groups is 2. The Balaban J connectivity index is 2.38. The maximum atomic E-state index is 12.7. The highest BCUT2D eigenvalue weighted by molar-refractivity contribution is 6.00. The van der Waals surface area contributed by atoms with Crippen LogP contribution in [0.3, 0.4) is 0 Å². The van der Waals surface area contributed by atoms with Gasteiger partial charge < -0.3 is 16.0 Å². The van der Waals surface area contributed by atoms with E-state index in [9.17, 15) is 9.59 Å². The first kappa shape index (κ1) is 15.1. The quantitative estimate of drug-likeness (QED) is 0.727. The second kappa shape index (κ2) is 6.42. The number of hydrogen-bond donors (Lipinski definition) is 2. The van der Waals surface area contributed by atoms with E-state index in [0.717, 1.165) is 5.56 Å². The van der Waals surface area contributed by atoms with Crippen LogP contribution in [0.4, 0.5) is 0 Å². The summed E-state index contributed by atoms with van der Waals surface area (Å²) in [6, 6.07) is 5.06. The Labute approximate surface area is 124 Å². The Bertz CT molecular complexity index is 628. The zero-order chi connectivity index (χ0) is 15.4. The molecule has 0 saturated carbocycles. The summed E-state index contributed by atoms with van der Waals surface area (Å²) >= 11 is 0. The molecule has 1 atom stereocenters. The molecule has 1 unspecified atom stereocenters. The summed E-state index contributed by atoms with van der Waals surface area (Å²) in [5, 5.41) is 2.75. The zero-order valence-corrected chi connectivity index (χ0v) is 12.3. The van der Waals surface area contributed by atoms with Crippen molar-refractivity contribution < 1.29 is 9.59 Å². The first-order valence-corrected chi connectivity index (χ1v) is 6.93. The highest BCUT2D eigenvalue weighted by Crippen LogP contribution is 2.16. The number of nitrogens with one attached hydrogen (secondary N) is 1. The maximum absolute atomic E-state index is 12.7. The summed E-state index contributed by atoms with van der Waals surface area (Å²) < 4.78 is 0. The zero-order valence-electron chi connectivity index (χ0n) is 12.3. The number of piperazine rings is 1. The number of benzene rings is 1. The highest BCUT2D eigenvalue weighted by atomic mass is 16.2. The van der Waals surface area contributed by atoms with Crippen molar-refractivity contribution in [1.82, 2.24) is 10.2 Å². The Morgan fingerprint density at radius 3 is 3.00 bits per heavy atom. The molecule has 1 saturated heterocycles. The van der Waals surface area contributed by atoms with Crippen LogP contribution < -0.4 is 11.1 Å². The van der Waals surface area contributed by atoms with Gasteiger partial charge in [-0.1, -0.05) is 23.5 Å². The lowest BCUT2D eigenvalue weighted by Crippen LogP contribution is -2.55. The number of nitrogens with zero attached hydrogens (tertiary/aromatic N) is 1. The molecule has 2 amide bonds. The van der Waals surface area contributed by atoms with Crippen LogP contribution in [0.25, 0.3) is 0 Å². The fourth-order valence-corrected chi connectivity index (χ4v) is 2.30.